The summed E-state index contributed by atoms with van der Waals surface area (Å²) in [4.78, 5) is 2.51. The monoisotopic (exact) mass is 251 g/mol. The third-order valence-electron chi connectivity index (χ3n) is 4.26. The predicted molar refractivity (Wildman–Crippen MR) is 69.2 cm³/mol. The van der Waals surface area contributed by atoms with Crippen LogP contribution in [-0.2, 0) is 5.60 Å². The lowest BCUT2D eigenvalue weighted by Gasteiger charge is -2.41. The van der Waals surface area contributed by atoms with Gasteiger partial charge in [0.25, 0.3) is 0 Å². The van der Waals surface area contributed by atoms with Crippen LogP contribution in [-0.4, -0.2) is 29.1 Å². The zero-order valence-corrected chi connectivity index (χ0v) is 10.7. The molecule has 3 rings (SSSR count). The predicted octanol–water partition coefficient (Wildman–Crippen LogP) is 2.79. The zero-order chi connectivity index (χ0) is 11.9. The number of rotatable bonds is 1. The van der Waals surface area contributed by atoms with Gasteiger partial charge in [-0.1, -0.05) is 29.8 Å². The molecule has 17 heavy (non-hydrogen) atoms. The van der Waals surface area contributed by atoms with Crippen LogP contribution in [0.5, 0.6) is 0 Å². The summed E-state index contributed by atoms with van der Waals surface area (Å²) in [7, 11) is 0. The minimum atomic E-state index is -0.718. The van der Waals surface area contributed by atoms with Crippen LogP contribution in [0.4, 0.5) is 0 Å². The summed E-state index contributed by atoms with van der Waals surface area (Å²) in [6, 6.07) is 8.26. The minimum absolute atomic E-state index is 0.546. The molecular formula is C14H18ClNO. The second kappa shape index (κ2) is 4.27. The molecule has 0 saturated carbocycles. The first-order valence-corrected chi connectivity index (χ1v) is 6.78. The maximum Gasteiger partial charge on any atom is 0.0938 e. The minimum Gasteiger partial charge on any atom is -0.385 e. The molecule has 1 N–H and O–H groups in total. The summed E-state index contributed by atoms with van der Waals surface area (Å²) in [6.45, 7) is 2.19. The molecule has 3 heteroatoms. The Morgan fingerprint density at radius 2 is 2.12 bits per heavy atom. The summed E-state index contributed by atoms with van der Waals surface area (Å²) in [5.41, 5.74) is 0.192. The Bertz CT molecular complexity index is 422. The molecule has 2 atom stereocenters. The Morgan fingerprint density at radius 1 is 1.29 bits per heavy atom. The van der Waals surface area contributed by atoms with Gasteiger partial charge in [0.15, 0.2) is 0 Å². The number of hydrogen-bond acceptors (Lipinski definition) is 2. The van der Waals surface area contributed by atoms with E-state index in [4.69, 9.17) is 11.6 Å². The van der Waals surface area contributed by atoms with Crippen molar-refractivity contribution in [2.75, 3.05) is 13.1 Å². The first kappa shape index (κ1) is 11.5. The van der Waals surface area contributed by atoms with Crippen LogP contribution in [0.15, 0.2) is 24.3 Å². The van der Waals surface area contributed by atoms with E-state index >= 15 is 0 Å². The fourth-order valence-corrected chi connectivity index (χ4v) is 3.64. The van der Waals surface area contributed by atoms with Crippen molar-refractivity contribution >= 4 is 11.6 Å². The molecule has 0 bridgehead atoms. The highest BCUT2D eigenvalue weighted by Crippen LogP contribution is 2.41. The molecule has 2 fully saturated rings. The van der Waals surface area contributed by atoms with Gasteiger partial charge in [0.05, 0.1) is 5.60 Å². The standard InChI is InChI=1S/C14H18ClNO/c15-13-6-2-1-5-12(13)14(17)7-9-16-8-3-4-11(16)10-14/h1-2,5-6,11,17H,3-4,7-10H2. The molecule has 1 aromatic rings. The number of piperidine rings is 1. The average Bonchev–Trinajstić information content (AvgIpc) is 2.76. The van der Waals surface area contributed by atoms with Crippen molar-refractivity contribution in [1.29, 1.82) is 0 Å². The van der Waals surface area contributed by atoms with Crippen molar-refractivity contribution in [3.8, 4) is 0 Å². The third-order valence-corrected chi connectivity index (χ3v) is 4.59. The van der Waals surface area contributed by atoms with E-state index in [1.54, 1.807) is 0 Å². The topological polar surface area (TPSA) is 23.5 Å². The second-order valence-electron chi connectivity index (χ2n) is 5.30. The van der Waals surface area contributed by atoms with Gasteiger partial charge in [-0.25, -0.2) is 0 Å². The van der Waals surface area contributed by atoms with Crippen molar-refractivity contribution in [3.05, 3.63) is 34.9 Å². The van der Waals surface area contributed by atoms with Crippen LogP contribution in [0, 0.1) is 0 Å². The third kappa shape index (κ3) is 1.99. The van der Waals surface area contributed by atoms with E-state index in [9.17, 15) is 5.11 Å². The quantitative estimate of drug-likeness (QED) is 0.830. The van der Waals surface area contributed by atoms with Gasteiger partial charge in [0.1, 0.15) is 0 Å². The van der Waals surface area contributed by atoms with Crippen LogP contribution in [0.2, 0.25) is 5.02 Å². The van der Waals surface area contributed by atoms with Gasteiger partial charge in [0, 0.05) is 23.2 Å². The molecule has 0 spiro atoms. The molecule has 0 radical (unpaired) electrons. The Balaban J connectivity index is 1.89. The summed E-state index contributed by atoms with van der Waals surface area (Å²) < 4.78 is 0. The summed E-state index contributed by atoms with van der Waals surface area (Å²) in [6.07, 6.45) is 4.11. The van der Waals surface area contributed by atoms with Crippen LogP contribution in [0.25, 0.3) is 0 Å². The lowest BCUT2D eigenvalue weighted by molar-refractivity contribution is -0.0408. The molecule has 2 aliphatic heterocycles. The number of hydrogen-bond donors (Lipinski definition) is 1. The van der Waals surface area contributed by atoms with Crippen molar-refractivity contribution in [1.82, 2.24) is 4.90 Å². The van der Waals surface area contributed by atoms with Gasteiger partial charge in [0.2, 0.25) is 0 Å². The average molecular weight is 252 g/mol. The van der Waals surface area contributed by atoms with Gasteiger partial charge in [-0.15, -0.1) is 0 Å². The van der Waals surface area contributed by atoms with Gasteiger partial charge >= 0.3 is 0 Å². The van der Waals surface area contributed by atoms with Crippen molar-refractivity contribution in [2.24, 2.45) is 0 Å². The molecule has 2 unspecified atom stereocenters. The van der Waals surface area contributed by atoms with E-state index in [-0.39, 0.29) is 0 Å². The molecular weight excluding hydrogens is 234 g/mol. The Hall–Kier alpha value is -0.570. The molecule has 0 aromatic heterocycles. The van der Waals surface area contributed by atoms with Crippen LogP contribution < -0.4 is 0 Å². The molecule has 2 aliphatic rings. The number of benzene rings is 1. The Kier molecular flexibility index (Phi) is 2.89. The van der Waals surface area contributed by atoms with E-state index in [0.717, 1.165) is 24.9 Å². The van der Waals surface area contributed by atoms with E-state index in [1.807, 2.05) is 24.3 Å². The summed E-state index contributed by atoms with van der Waals surface area (Å²) in [5.74, 6) is 0. The zero-order valence-electron chi connectivity index (χ0n) is 9.90. The number of aliphatic hydroxyl groups is 1. The van der Waals surface area contributed by atoms with Crippen molar-refractivity contribution in [2.45, 2.75) is 37.3 Å². The first-order chi connectivity index (χ1) is 8.19. The molecule has 1 aromatic carbocycles. The maximum absolute atomic E-state index is 10.9. The number of halogens is 1. The fourth-order valence-electron chi connectivity index (χ4n) is 3.32. The highest BCUT2D eigenvalue weighted by molar-refractivity contribution is 6.31. The van der Waals surface area contributed by atoms with Crippen LogP contribution in [0.1, 0.15) is 31.2 Å². The lowest BCUT2D eigenvalue weighted by atomic mass is 9.81. The molecule has 0 aliphatic carbocycles. The molecule has 2 heterocycles. The number of fused-ring (bicyclic) bond motifs is 1. The van der Waals surface area contributed by atoms with E-state index in [0.29, 0.717) is 11.1 Å². The molecule has 0 amide bonds. The van der Waals surface area contributed by atoms with Crippen molar-refractivity contribution in [3.63, 3.8) is 0 Å². The second-order valence-corrected chi connectivity index (χ2v) is 5.70. The van der Waals surface area contributed by atoms with Gasteiger partial charge in [-0.2, -0.15) is 0 Å². The van der Waals surface area contributed by atoms with Gasteiger partial charge in [-0.3, -0.25) is 0 Å². The normalized spacial score (nSPS) is 33.6. The fraction of sp³-hybridized carbons (Fsp3) is 0.571. The van der Waals surface area contributed by atoms with E-state index in [1.165, 1.54) is 19.4 Å². The first-order valence-electron chi connectivity index (χ1n) is 6.40. The highest BCUT2D eigenvalue weighted by Gasteiger charge is 2.41. The van der Waals surface area contributed by atoms with Gasteiger partial charge in [-0.05, 0) is 38.3 Å². The SMILES string of the molecule is OC1(c2ccccc2Cl)CCN2CCCC2C1. The number of nitrogens with zero attached hydrogens (tertiary/aromatic N) is 1. The largest absolute Gasteiger partial charge is 0.385 e. The summed E-state index contributed by atoms with van der Waals surface area (Å²) in [5, 5.41) is 11.6. The lowest BCUT2D eigenvalue weighted by Crippen LogP contribution is -2.46. The Labute approximate surface area is 107 Å². The highest BCUT2D eigenvalue weighted by atomic mass is 35.5. The van der Waals surface area contributed by atoms with E-state index < -0.39 is 5.60 Å². The van der Waals surface area contributed by atoms with Crippen LogP contribution >= 0.6 is 11.6 Å². The maximum atomic E-state index is 10.9. The molecule has 92 valence electrons. The van der Waals surface area contributed by atoms with Crippen molar-refractivity contribution < 1.29 is 5.11 Å². The molecule has 2 saturated heterocycles. The smallest absolute Gasteiger partial charge is 0.0938 e. The molecule has 2 nitrogen and oxygen atoms in total. The Morgan fingerprint density at radius 3 is 2.94 bits per heavy atom. The van der Waals surface area contributed by atoms with E-state index in [2.05, 4.69) is 4.90 Å². The van der Waals surface area contributed by atoms with Crippen LogP contribution in [0.3, 0.4) is 0 Å². The summed E-state index contributed by atoms with van der Waals surface area (Å²) >= 11 is 6.22. The van der Waals surface area contributed by atoms with Gasteiger partial charge < -0.3 is 10.0 Å².